The van der Waals surface area contributed by atoms with Gasteiger partial charge in [0.1, 0.15) is 28.4 Å². The average molecular weight is 505 g/mol. The number of pyridine rings is 1. The van der Waals surface area contributed by atoms with Gasteiger partial charge in [0.05, 0.1) is 0 Å². The van der Waals surface area contributed by atoms with Crippen molar-refractivity contribution < 1.29 is 22.8 Å². The van der Waals surface area contributed by atoms with Crippen molar-refractivity contribution in [3.8, 4) is 0 Å². The number of halogens is 3. The van der Waals surface area contributed by atoms with Gasteiger partial charge >= 0.3 is 0 Å². The maximum atomic E-state index is 13.4. The Morgan fingerprint density at radius 3 is 2.37 bits per heavy atom. The molecule has 184 valence electrons. The van der Waals surface area contributed by atoms with E-state index >= 15 is 0 Å². The molecule has 0 aliphatic carbocycles. The molecule has 1 fully saturated rings. The molecule has 3 aromatic rings. The summed E-state index contributed by atoms with van der Waals surface area (Å²) < 4.78 is 40.3. The number of primary amides is 1. The molecule has 0 radical (unpaired) electrons. The summed E-state index contributed by atoms with van der Waals surface area (Å²) in [5.74, 6) is -3.73. The van der Waals surface area contributed by atoms with Gasteiger partial charge in [-0.2, -0.15) is 0 Å². The van der Waals surface area contributed by atoms with Crippen LogP contribution in [-0.2, 0) is 4.79 Å². The van der Waals surface area contributed by atoms with E-state index in [1.165, 1.54) is 35.4 Å². The summed E-state index contributed by atoms with van der Waals surface area (Å²) >= 11 is 0.965. The van der Waals surface area contributed by atoms with Crippen LogP contribution in [0.25, 0.3) is 0 Å². The molecule has 1 amide bonds. The second-order valence-corrected chi connectivity index (χ2v) is 9.19. The van der Waals surface area contributed by atoms with Crippen molar-refractivity contribution in [1.29, 1.82) is 0 Å². The maximum Gasteiger partial charge on any atom is 0.251 e. The number of carbonyl (C=O) groups is 2. The maximum absolute atomic E-state index is 13.4. The summed E-state index contributed by atoms with van der Waals surface area (Å²) in [5.41, 5.74) is 12.2. The third-order valence-electron chi connectivity index (χ3n) is 5.79. The van der Waals surface area contributed by atoms with Crippen molar-refractivity contribution in [2.24, 2.45) is 5.73 Å². The first kappa shape index (κ1) is 24.5. The van der Waals surface area contributed by atoms with Crippen LogP contribution in [0, 0.1) is 5.82 Å². The van der Waals surface area contributed by atoms with Gasteiger partial charge < -0.3 is 21.3 Å². The number of nitrogen functional groups attached to an aromatic ring is 1. The van der Waals surface area contributed by atoms with Crippen LogP contribution >= 0.6 is 11.3 Å². The van der Waals surface area contributed by atoms with Crippen LogP contribution in [0.2, 0.25) is 0 Å². The number of nitrogens with zero attached hydrogens (tertiary/aromatic N) is 4. The molecule has 1 aliphatic heterocycles. The molecule has 0 spiro atoms. The third-order valence-corrected chi connectivity index (χ3v) is 6.86. The van der Waals surface area contributed by atoms with E-state index in [2.05, 4.69) is 9.97 Å². The Kier molecular flexibility index (Phi) is 6.66. The number of rotatable bonds is 7. The quantitative estimate of drug-likeness (QED) is 0.471. The van der Waals surface area contributed by atoms with Gasteiger partial charge in [0.2, 0.25) is 11.7 Å². The predicted octanol–water partition coefficient (Wildman–Crippen LogP) is 3.74. The monoisotopic (exact) mass is 504 g/mol. The first-order valence-corrected chi connectivity index (χ1v) is 11.6. The summed E-state index contributed by atoms with van der Waals surface area (Å²) in [7, 11) is 0. The minimum Gasteiger partial charge on any atom is -0.382 e. The van der Waals surface area contributed by atoms with E-state index in [9.17, 15) is 22.8 Å². The van der Waals surface area contributed by atoms with Crippen molar-refractivity contribution in [3.63, 3.8) is 0 Å². The molecule has 1 saturated heterocycles. The largest absolute Gasteiger partial charge is 0.382 e. The van der Waals surface area contributed by atoms with Gasteiger partial charge in [0.25, 0.3) is 5.92 Å². The second-order valence-electron chi connectivity index (χ2n) is 8.21. The fourth-order valence-electron chi connectivity index (χ4n) is 3.72. The Balaban J connectivity index is 1.58. The van der Waals surface area contributed by atoms with Crippen LogP contribution < -0.4 is 21.3 Å². The zero-order chi connectivity index (χ0) is 25.3. The summed E-state index contributed by atoms with van der Waals surface area (Å²) in [6.07, 6.45) is 0.876. The number of nitrogens with two attached hydrogens (primary N) is 2. The van der Waals surface area contributed by atoms with E-state index in [1.807, 2.05) is 0 Å². The number of ketones is 1. The minimum atomic E-state index is -2.67. The number of hydrogen-bond donors (Lipinski definition) is 2. The van der Waals surface area contributed by atoms with Crippen LogP contribution in [-0.4, -0.2) is 46.7 Å². The Bertz CT molecular complexity index is 1220. The molecule has 0 bridgehead atoms. The Labute approximate surface area is 203 Å². The van der Waals surface area contributed by atoms with Crippen molar-refractivity contribution in [3.05, 3.63) is 58.9 Å². The van der Waals surface area contributed by atoms with Crippen LogP contribution in [0.15, 0.2) is 42.6 Å². The molecule has 0 unspecified atom stereocenters. The van der Waals surface area contributed by atoms with Crippen LogP contribution in [0.5, 0.6) is 0 Å². The molecule has 4 rings (SSSR count). The van der Waals surface area contributed by atoms with Gasteiger partial charge in [-0.25, -0.2) is 23.1 Å². The summed E-state index contributed by atoms with van der Waals surface area (Å²) in [6.45, 7) is 1.91. The summed E-state index contributed by atoms with van der Waals surface area (Å²) in [5, 5.41) is 0.239. The van der Waals surface area contributed by atoms with E-state index in [0.717, 1.165) is 11.3 Å². The van der Waals surface area contributed by atoms with E-state index in [4.69, 9.17) is 11.5 Å². The average Bonchev–Trinajstić information content (AvgIpc) is 3.21. The molecule has 12 heteroatoms. The fraction of sp³-hybridized carbons (Fsp3) is 0.304. The lowest BCUT2D eigenvalue weighted by Crippen LogP contribution is -2.39. The van der Waals surface area contributed by atoms with Crippen molar-refractivity contribution in [2.75, 3.05) is 28.6 Å². The van der Waals surface area contributed by atoms with Crippen molar-refractivity contribution in [2.45, 2.75) is 31.7 Å². The highest BCUT2D eigenvalue weighted by atomic mass is 32.1. The first-order valence-electron chi connectivity index (χ1n) is 10.8. The number of anilines is 4. The molecule has 2 aromatic heterocycles. The zero-order valence-corrected chi connectivity index (χ0v) is 19.6. The van der Waals surface area contributed by atoms with Crippen molar-refractivity contribution in [1.82, 2.24) is 9.97 Å². The van der Waals surface area contributed by atoms with Gasteiger partial charge in [-0.15, -0.1) is 0 Å². The molecule has 3 heterocycles. The zero-order valence-electron chi connectivity index (χ0n) is 18.7. The number of benzene rings is 1. The van der Waals surface area contributed by atoms with Gasteiger partial charge in [-0.3, -0.25) is 9.59 Å². The highest BCUT2D eigenvalue weighted by molar-refractivity contribution is 7.18. The van der Waals surface area contributed by atoms with Crippen LogP contribution in [0.4, 0.5) is 35.6 Å². The van der Waals surface area contributed by atoms with Gasteiger partial charge in [-0.1, -0.05) is 11.3 Å². The Morgan fingerprint density at radius 1 is 1.14 bits per heavy atom. The van der Waals surface area contributed by atoms with E-state index in [-0.39, 0.29) is 47.3 Å². The van der Waals surface area contributed by atoms with Crippen molar-refractivity contribution >= 4 is 45.5 Å². The summed E-state index contributed by atoms with van der Waals surface area (Å²) in [4.78, 5) is 37.0. The predicted molar refractivity (Wildman–Crippen MR) is 128 cm³/mol. The molecular weight excluding hydrogens is 481 g/mol. The second kappa shape index (κ2) is 9.53. The van der Waals surface area contributed by atoms with Gasteiger partial charge in [0, 0.05) is 43.4 Å². The molecule has 1 atom stereocenters. The van der Waals surface area contributed by atoms with Crippen LogP contribution in [0.3, 0.4) is 0 Å². The topological polar surface area (TPSA) is 118 Å². The Morgan fingerprint density at radius 2 is 1.80 bits per heavy atom. The van der Waals surface area contributed by atoms with E-state index in [1.54, 1.807) is 24.0 Å². The van der Waals surface area contributed by atoms with Gasteiger partial charge in [0.15, 0.2) is 5.13 Å². The summed E-state index contributed by atoms with van der Waals surface area (Å²) in [6, 6.07) is 7.70. The van der Waals surface area contributed by atoms with Crippen LogP contribution in [0.1, 0.15) is 35.0 Å². The number of aromatic nitrogens is 2. The number of hydrogen-bond acceptors (Lipinski definition) is 8. The van der Waals surface area contributed by atoms with E-state index < -0.39 is 29.5 Å². The highest BCUT2D eigenvalue weighted by Crippen LogP contribution is 2.36. The number of piperidine rings is 1. The lowest BCUT2D eigenvalue weighted by molar-refractivity contribution is -0.118. The molecular formula is C23H23F3N6O2S. The first-order chi connectivity index (χ1) is 16.6. The molecule has 0 saturated carbocycles. The minimum absolute atomic E-state index is 0.0406. The lowest BCUT2D eigenvalue weighted by Gasteiger charge is -2.32. The number of thiazole rings is 1. The fourth-order valence-corrected chi connectivity index (χ4v) is 4.77. The molecule has 1 aromatic carbocycles. The highest BCUT2D eigenvalue weighted by Gasteiger charge is 2.34. The molecule has 4 N–H and O–H groups in total. The third kappa shape index (κ3) is 5.21. The smallest absolute Gasteiger partial charge is 0.251 e. The molecule has 1 aliphatic rings. The molecule has 8 nitrogen and oxygen atoms in total. The molecule has 35 heavy (non-hydrogen) atoms. The van der Waals surface area contributed by atoms with Gasteiger partial charge in [-0.05, 0) is 43.3 Å². The lowest BCUT2D eigenvalue weighted by atomic mass is 10.1. The SMILES string of the molecule is C[C@H](C(N)=O)N(c1ccc(F)cc1)c1nc(N)c(C(=O)c2ccc(N3CCC(F)(F)CC3)nc2)s1. The number of alkyl halides is 2. The normalized spacial score (nSPS) is 16.1. The van der Waals surface area contributed by atoms with E-state index in [0.29, 0.717) is 11.5 Å². The Hall–Kier alpha value is -3.67. The number of amides is 1. The number of carbonyl (C=O) groups excluding carboxylic acids is 2. The standard InChI is InChI=1S/C23H23F3N6O2S/c1-13(21(28)34)32(16-5-3-15(24)4-6-16)22-30-20(27)19(35-22)18(33)14-2-7-17(29-12-14)31-10-8-23(25,26)9-11-31/h2-7,12-13H,8-11,27H2,1H3,(H2,28,34)/t13-/m1/s1.